The number of piperidine rings is 1. The Hall–Kier alpha value is -5.25. The molecular formula is C32H30N6O4. The summed E-state index contributed by atoms with van der Waals surface area (Å²) < 4.78 is 0. The number of hydrogen-bond donors (Lipinski definition) is 2. The molecule has 212 valence electrons. The van der Waals surface area contributed by atoms with Crippen molar-refractivity contribution in [2.24, 2.45) is 0 Å². The summed E-state index contributed by atoms with van der Waals surface area (Å²) in [5, 5.41) is 16.0. The average molecular weight is 563 g/mol. The molecule has 1 saturated heterocycles. The normalized spacial score (nSPS) is 13.7. The van der Waals surface area contributed by atoms with Crippen molar-refractivity contribution in [2.75, 3.05) is 24.5 Å². The molecule has 5 aromatic rings. The number of fused-ring (bicyclic) bond motifs is 2. The van der Waals surface area contributed by atoms with E-state index in [4.69, 9.17) is 4.84 Å². The van der Waals surface area contributed by atoms with Crippen LogP contribution in [0.1, 0.15) is 50.8 Å². The van der Waals surface area contributed by atoms with E-state index in [1.165, 1.54) is 0 Å². The number of nitrogens with zero attached hydrogens (tertiary/aromatic N) is 4. The highest BCUT2D eigenvalue weighted by Gasteiger charge is 2.22. The highest BCUT2D eigenvalue weighted by atomic mass is 16.7. The minimum absolute atomic E-state index is 0.0531. The summed E-state index contributed by atoms with van der Waals surface area (Å²) in [4.78, 5) is 46.7. The zero-order valence-corrected chi connectivity index (χ0v) is 23.1. The van der Waals surface area contributed by atoms with Gasteiger partial charge in [0.2, 0.25) is 0 Å². The number of aromatic nitrogens is 3. The first-order chi connectivity index (χ1) is 20.5. The number of benzene rings is 4. The predicted octanol–water partition coefficient (Wildman–Crippen LogP) is 4.00. The van der Waals surface area contributed by atoms with Crippen LogP contribution in [0.15, 0.2) is 84.9 Å². The lowest BCUT2D eigenvalue weighted by Gasteiger charge is -2.34. The van der Waals surface area contributed by atoms with Crippen molar-refractivity contribution in [1.82, 2.24) is 25.8 Å². The molecule has 10 heteroatoms. The van der Waals surface area contributed by atoms with Gasteiger partial charge in [-0.05, 0) is 90.3 Å². The second-order valence-corrected chi connectivity index (χ2v) is 10.2. The van der Waals surface area contributed by atoms with E-state index in [1.807, 2.05) is 61.5 Å². The van der Waals surface area contributed by atoms with Crippen molar-refractivity contribution < 1.29 is 19.2 Å². The minimum atomic E-state index is -0.591. The molecule has 4 aromatic carbocycles. The highest BCUT2D eigenvalue weighted by Crippen LogP contribution is 2.22. The first-order valence-corrected chi connectivity index (χ1v) is 14.0. The maximum Gasteiger partial charge on any atom is 0.365 e. The van der Waals surface area contributed by atoms with Gasteiger partial charge in [-0.1, -0.05) is 35.2 Å². The monoisotopic (exact) mass is 562 g/mol. The van der Waals surface area contributed by atoms with Gasteiger partial charge in [0, 0.05) is 42.5 Å². The molecule has 1 aliphatic heterocycles. The van der Waals surface area contributed by atoms with Gasteiger partial charge in [-0.25, -0.2) is 4.79 Å². The van der Waals surface area contributed by atoms with Crippen molar-refractivity contribution in [3.63, 3.8) is 0 Å². The molecule has 42 heavy (non-hydrogen) atoms. The van der Waals surface area contributed by atoms with Crippen molar-refractivity contribution in [3.8, 4) is 0 Å². The van der Waals surface area contributed by atoms with Crippen LogP contribution in [0.2, 0.25) is 0 Å². The molecule has 6 rings (SSSR count). The third kappa shape index (κ3) is 5.64. The maximum absolute atomic E-state index is 12.9. The fourth-order valence-electron chi connectivity index (χ4n) is 5.19. The van der Waals surface area contributed by atoms with Crippen LogP contribution in [0, 0.1) is 0 Å². The van der Waals surface area contributed by atoms with Gasteiger partial charge in [0.25, 0.3) is 11.8 Å². The van der Waals surface area contributed by atoms with Crippen LogP contribution >= 0.6 is 0 Å². The van der Waals surface area contributed by atoms with Crippen LogP contribution in [-0.4, -0.2) is 58.6 Å². The Morgan fingerprint density at radius 1 is 0.833 bits per heavy atom. The van der Waals surface area contributed by atoms with Gasteiger partial charge in [-0.15, -0.1) is 5.10 Å². The molecule has 0 unspecified atom stereocenters. The number of amides is 2. The summed E-state index contributed by atoms with van der Waals surface area (Å²) in [6, 6.07) is 26.0. The molecule has 0 spiro atoms. The van der Waals surface area contributed by atoms with E-state index in [0.29, 0.717) is 34.3 Å². The van der Waals surface area contributed by atoms with Crippen LogP contribution in [-0.2, 0) is 0 Å². The first kappa shape index (κ1) is 26.9. The Balaban J connectivity index is 1.04. The second-order valence-electron chi connectivity index (χ2n) is 10.2. The third-order valence-electron chi connectivity index (χ3n) is 7.49. The molecule has 0 saturated carbocycles. The molecule has 0 atom stereocenters. The number of carbonyl (C=O) groups is 3. The van der Waals surface area contributed by atoms with E-state index in [2.05, 4.69) is 25.8 Å². The van der Waals surface area contributed by atoms with Crippen LogP contribution in [0.25, 0.3) is 21.8 Å². The molecule has 1 fully saturated rings. The fraction of sp³-hybridized carbons (Fsp3) is 0.219. The maximum atomic E-state index is 12.9. The van der Waals surface area contributed by atoms with Crippen LogP contribution in [0.4, 0.5) is 5.69 Å². The van der Waals surface area contributed by atoms with Crippen LogP contribution in [0.3, 0.4) is 0 Å². The summed E-state index contributed by atoms with van der Waals surface area (Å²) in [6.45, 7) is 3.90. The van der Waals surface area contributed by atoms with Crippen molar-refractivity contribution in [3.05, 3.63) is 102 Å². The summed E-state index contributed by atoms with van der Waals surface area (Å²) in [6.07, 6.45) is 1.64. The molecule has 0 radical (unpaired) electrons. The number of rotatable bonds is 7. The lowest BCUT2D eigenvalue weighted by molar-refractivity contribution is 0.0408. The Bertz CT molecular complexity index is 1770. The van der Waals surface area contributed by atoms with Gasteiger partial charge >= 0.3 is 5.97 Å². The SMILES string of the molecule is CCNC(=O)c1ccc2nnn(OC(=O)c3ccc(N4CCC(NC(=O)c5ccc6ccccc6c5)CC4)cc3)c2c1. The topological polar surface area (TPSA) is 118 Å². The largest absolute Gasteiger partial charge is 0.371 e. The van der Waals surface area contributed by atoms with E-state index in [-0.39, 0.29) is 17.9 Å². The van der Waals surface area contributed by atoms with Gasteiger partial charge in [-0.3, -0.25) is 9.59 Å². The van der Waals surface area contributed by atoms with Gasteiger partial charge in [-0.2, -0.15) is 0 Å². The van der Waals surface area contributed by atoms with E-state index in [1.54, 1.807) is 30.3 Å². The third-order valence-corrected chi connectivity index (χ3v) is 7.49. The van der Waals surface area contributed by atoms with E-state index in [9.17, 15) is 14.4 Å². The zero-order valence-electron chi connectivity index (χ0n) is 23.1. The summed E-state index contributed by atoms with van der Waals surface area (Å²) in [5.74, 6) is -0.875. The minimum Gasteiger partial charge on any atom is -0.371 e. The quantitative estimate of drug-likeness (QED) is 0.288. The summed E-state index contributed by atoms with van der Waals surface area (Å²) in [5.41, 5.74) is 3.36. The Morgan fingerprint density at radius 3 is 2.29 bits per heavy atom. The Morgan fingerprint density at radius 2 is 1.52 bits per heavy atom. The smallest absolute Gasteiger partial charge is 0.365 e. The molecule has 2 heterocycles. The number of carbonyl (C=O) groups excluding carboxylic acids is 3. The molecule has 0 aliphatic carbocycles. The number of nitrogens with one attached hydrogen (secondary N) is 2. The van der Waals surface area contributed by atoms with Crippen molar-refractivity contribution in [2.45, 2.75) is 25.8 Å². The fourth-order valence-corrected chi connectivity index (χ4v) is 5.19. The zero-order chi connectivity index (χ0) is 29.1. The van der Waals surface area contributed by atoms with Crippen molar-refractivity contribution in [1.29, 1.82) is 0 Å². The van der Waals surface area contributed by atoms with E-state index in [0.717, 1.165) is 47.2 Å². The van der Waals surface area contributed by atoms with Gasteiger partial charge < -0.3 is 20.4 Å². The van der Waals surface area contributed by atoms with Gasteiger partial charge in [0.1, 0.15) is 11.0 Å². The first-order valence-electron chi connectivity index (χ1n) is 14.0. The molecule has 0 bridgehead atoms. The Kier molecular flexibility index (Phi) is 7.50. The molecule has 2 N–H and O–H groups in total. The number of anilines is 1. The van der Waals surface area contributed by atoms with E-state index < -0.39 is 5.97 Å². The average Bonchev–Trinajstić information content (AvgIpc) is 3.43. The molecule has 1 aromatic heterocycles. The second kappa shape index (κ2) is 11.7. The summed E-state index contributed by atoms with van der Waals surface area (Å²) in [7, 11) is 0. The van der Waals surface area contributed by atoms with Gasteiger partial charge in [0.15, 0.2) is 0 Å². The molecule has 10 nitrogen and oxygen atoms in total. The van der Waals surface area contributed by atoms with E-state index >= 15 is 0 Å². The lowest BCUT2D eigenvalue weighted by atomic mass is 10.0. The standard InChI is InChI=1S/C32H30N6O4/c1-2-33-30(39)25-11-14-28-29(20-25)38(36-35-28)42-32(41)22-9-12-27(13-10-22)37-17-15-26(16-18-37)34-31(40)24-8-7-21-5-3-4-6-23(21)19-24/h3-14,19-20,26H,2,15-18H2,1H3,(H,33,39)(H,34,40). The predicted molar refractivity (Wildman–Crippen MR) is 160 cm³/mol. The molecular weight excluding hydrogens is 532 g/mol. The molecule has 1 aliphatic rings. The number of hydrogen-bond acceptors (Lipinski definition) is 7. The van der Waals surface area contributed by atoms with Crippen molar-refractivity contribution >= 4 is 45.3 Å². The lowest BCUT2D eigenvalue weighted by Crippen LogP contribution is -2.44. The van der Waals surface area contributed by atoms with Crippen LogP contribution < -0.4 is 20.4 Å². The Labute approximate surface area is 242 Å². The van der Waals surface area contributed by atoms with Gasteiger partial charge in [0.05, 0.1) is 5.56 Å². The highest BCUT2D eigenvalue weighted by molar-refractivity contribution is 5.99. The van der Waals surface area contributed by atoms with Crippen LogP contribution in [0.5, 0.6) is 0 Å². The summed E-state index contributed by atoms with van der Waals surface area (Å²) >= 11 is 0. The molecule has 2 amide bonds.